The van der Waals surface area contributed by atoms with Crippen LogP contribution in [-0.2, 0) is 0 Å². The van der Waals surface area contributed by atoms with Crippen LogP contribution in [0.15, 0.2) is 42.7 Å². The zero-order chi connectivity index (χ0) is 15.4. The highest BCUT2D eigenvalue weighted by Gasteiger charge is 2.14. The molecule has 0 aliphatic rings. The Bertz CT molecular complexity index is 673. The molecule has 21 heavy (non-hydrogen) atoms. The average Bonchev–Trinajstić information content (AvgIpc) is 2.49. The van der Waals surface area contributed by atoms with Crippen molar-refractivity contribution in [2.45, 2.75) is 0 Å². The molecule has 0 atom stereocenters. The first kappa shape index (κ1) is 14.3. The van der Waals surface area contributed by atoms with E-state index in [4.69, 9.17) is 5.11 Å². The molecular weight excluding hydrogens is 274 g/mol. The molecule has 0 aliphatic heterocycles. The van der Waals surface area contributed by atoms with E-state index >= 15 is 0 Å². The van der Waals surface area contributed by atoms with Crippen molar-refractivity contribution in [2.24, 2.45) is 0 Å². The first-order valence-electron chi connectivity index (χ1n) is 6.00. The van der Waals surface area contributed by atoms with Crippen LogP contribution < -0.4 is 10.2 Å². The van der Waals surface area contributed by atoms with Gasteiger partial charge in [-0.3, -0.25) is 9.88 Å². The first-order chi connectivity index (χ1) is 9.99. The molecule has 0 radical (unpaired) electrons. The van der Waals surface area contributed by atoms with Crippen LogP contribution >= 0.6 is 0 Å². The molecule has 0 saturated heterocycles. The molecule has 2 rings (SSSR count). The molecule has 0 fully saturated rings. The second-order valence-corrected chi connectivity index (χ2v) is 4.24. The number of nitrogens with zero attached hydrogens (tertiary/aromatic N) is 2. The molecule has 0 spiro atoms. The van der Waals surface area contributed by atoms with Gasteiger partial charge in [0, 0.05) is 13.2 Å². The Morgan fingerprint density at radius 2 is 2.05 bits per heavy atom. The Hall–Kier alpha value is -3.09. The Kier molecular flexibility index (Phi) is 4.03. The third-order valence-electron chi connectivity index (χ3n) is 2.82. The highest BCUT2D eigenvalue weighted by atomic mass is 16.4. The number of aromatic hydroxyl groups is 1. The van der Waals surface area contributed by atoms with Gasteiger partial charge in [-0.25, -0.2) is 9.59 Å². The van der Waals surface area contributed by atoms with Crippen LogP contribution in [0.3, 0.4) is 0 Å². The normalized spacial score (nSPS) is 9.95. The van der Waals surface area contributed by atoms with Crippen LogP contribution in [0.5, 0.6) is 5.75 Å². The molecule has 0 saturated carbocycles. The maximum atomic E-state index is 12.0. The first-order valence-corrected chi connectivity index (χ1v) is 6.00. The maximum absolute atomic E-state index is 12.0. The summed E-state index contributed by atoms with van der Waals surface area (Å²) in [4.78, 5) is 28.0. The average molecular weight is 287 g/mol. The summed E-state index contributed by atoms with van der Waals surface area (Å²) in [5.74, 6) is -1.47. The molecule has 0 bridgehead atoms. The van der Waals surface area contributed by atoms with Crippen LogP contribution in [0.1, 0.15) is 10.4 Å². The number of aromatic carboxylic acids is 1. The SMILES string of the molecule is CN(C(=O)Nc1ccc(C(=O)O)cc1O)c1cccnc1. The second kappa shape index (κ2) is 5.91. The third-order valence-corrected chi connectivity index (χ3v) is 2.82. The summed E-state index contributed by atoms with van der Waals surface area (Å²) in [6.07, 6.45) is 3.11. The van der Waals surface area contributed by atoms with Crippen LogP contribution in [0.25, 0.3) is 0 Å². The number of amides is 2. The molecule has 108 valence electrons. The van der Waals surface area contributed by atoms with E-state index in [1.165, 1.54) is 23.2 Å². The minimum atomic E-state index is -1.16. The number of benzene rings is 1. The highest BCUT2D eigenvalue weighted by molar-refractivity contribution is 6.02. The van der Waals surface area contributed by atoms with Gasteiger partial charge < -0.3 is 15.5 Å². The predicted octanol–water partition coefficient (Wildman–Crippen LogP) is 2.15. The monoisotopic (exact) mass is 287 g/mol. The van der Waals surface area contributed by atoms with Gasteiger partial charge in [-0.1, -0.05) is 0 Å². The van der Waals surface area contributed by atoms with Gasteiger partial charge in [0.25, 0.3) is 0 Å². The Balaban J connectivity index is 2.15. The summed E-state index contributed by atoms with van der Waals surface area (Å²) in [6, 6.07) is 6.61. The van der Waals surface area contributed by atoms with Crippen LogP contribution in [0.4, 0.5) is 16.2 Å². The van der Waals surface area contributed by atoms with Gasteiger partial charge in [0.05, 0.1) is 23.1 Å². The summed E-state index contributed by atoms with van der Waals surface area (Å²) in [7, 11) is 1.55. The molecule has 2 aromatic rings. The molecule has 1 aromatic heterocycles. The minimum absolute atomic E-state index is 0.0638. The molecule has 7 heteroatoms. The summed E-state index contributed by atoms with van der Waals surface area (Å²) in [5.41, 5.74) is 0.642. The number of aromatic nitrogens is 1. The number of phenolic OH excluding ortho intramolecular Hbond substituents is 1. The van der Waals surface area contributed by atoms with Gasteiger partial charge in [0.1, 0.15) is 5.75 Å². The van der Waals surface area contributed by atoms with Crippen molar-refractivity contribution < 1.29 is 19.8 Å². The molecule has 0 unspecified atom stereocenters. The van der Waals surface area contributed by atoms with Crippen molar-refractivity contribution in [3.63, 3.8) is 0 Å². The van der Waals surface area contributed by atoms with E-state index in [0.717, 1.165) is 6.07 Å². The van der Waals surface area contributed by atoms with Crippen molar-refractivity contribution in [1.29, 1.82) is 0 Å². The number of carbonyl (C=O) groups excluding carboxylic acids is 1. The lowest BCUT2D eigenvalue weighted by Gasteiger charge is -2.18. The Morgan fingerprint density at radius 3 is 2.62 bits per heavy atom. The second-order valence-electron chi connectivity index (χ2n) is 4.24. The number of hydrogen-bond acceptors (Lipinski definition) is 4. The fourth-order valence-electron chi connectivity index (χ4n) is 1.64. The number of phenols is 1. The van der Waals surface area contributed by atoms with Gasteiger partial charge in [-0.05, 0) is 30.3 Å². The van der Waals surface area contributed by atoms with E-state index in [1.807, 2.05) is 0 Å². The summed E-state index contributed by atoms with van der Waals surface area (Å²) >= 11 is 0. The van der Waals surface area contributed by atoms with Gasteiger partial charge in [-0.2, -0.15) is 0 Å². The van der Waals surface area contributed by atoms with Crippen LogP contribution in [0.2, 0.25) is 0 Å². The van der Waals surface area contributed by atoms with E-state index in [0.29, 0.717) is 5.69 Å². The van der Waals surface area contributed by atoms with Gasteiger partial charge in [0.2, 0.25) is 0 Å². The zero-order valence-electron chi connectivity index (χ0n) is 11.1. The zero-order valence-corrected chi connectivity index (χ0v) is 11.1. The molecule has 7 nitrogen and oxygen atoms in total. The molecule has 0 aliphatic carbocycles. The lowest BCUT2D eigenvalue weighted by molar-refractivity contribution is 0.0696. The number of urea groups is 1. The van der Waals surface area contributed by atoms with Crippen molar-refractivity contribution in [3.8, 4) is 5.75 Å². The van der Waals surface area contributed by atoms with Crippen LogP contribution in [0, 0.1) is 0 Å². The summed E-state index contributed by atoms with van der Waals surface area (Å²) < 4.78 is 0. The smallest absolute Gasteiger partial charge is 0.335 e. The lowest BCUT2D eigenvalue weighted by atomic mass is 10.2. The highest BCUT2D eigenvalue weighted by Crippen LogP contribution is 2.25. The molecule has 1 aromatic carbocycles. The largest absolute Gasteiger partial charge is 0.506 e. The van der Waals surface area contributed by atoms with E-state index in [9.17, 15) is 14.7 Å². The summed E-state index contributed by atoms with van der Waals surface area (Å²) in [5, 5.41) is 21.0. The fourth-order valence-corrected chi connectivity index (χ4v) is 1.64. The topological polar surface area (TPSA) is 103 Å². The number of carbonyl (C=O) groups is 2. The predicted molar refractivity (Wildman–Crippen MR) is 76.7 cm³/mol. The molecular formula is C14H13N3O4. The van der Waals surface area contributed by atoms with Gasteiger partial charge in [0.15, 0.2) is 0 Å². The number of carboxylic acid groups (broad SMARTS) is 1. The quantitative estimate of drug-likeness (QED) is 0.751. The van der Waals surface area contributed by atoms with E-state index in [1.54, 1.807) is 25.4 Å². The van der Waals surface area contributed by atoms with Crippen molar-refractivity contribution >= 4 is 23.4 Å². The minimum Gasteiger partial charge on any atom is -0.506 e. The molecule has 3 N–H and O–H groups in total. The number of rotatable bonds is 3. The Labute approximate surface area is 120 Å². The van der Waals surface area contributed by atoms with E-state index in [2.05, 4.69) is 10.3 Å². The van der Waals surface area contributed by atoms with Crippen molar-refractivity contribution in [3.05, 3.63) is 48.3 Å². The Morgan fingerprint density at radius 1 is 1.29 bits per heavy atom. The van der Waals surface area contributed by atoms with Gasteiger partial charge in [-0.15, -0.1) is 0 Å². The number of anilines is 2. The van der Waals surface area contributed by atoms with Crippen LogP contribution in [-0.4, -0.2) is 34.2 Å². The molecule has 2 amide bonds. The van der Waals surface area contributed by atoms with E-state index < -0.39 is 12.0 Å². The van der Waals surface area contributed by atoms with Crippen molar-refractivity contribution in [2.75, 3.05) is 17.3 Å². The molecule has 1 heterocycles. The standard InChI is InChI=1S/C14H13N3O4/c1-17(10-3-2-6-15-8-10)14(21)16-11-5-4-9(13(19)20)7-12(11)18/h2-8,18H,1H3,(H,16,21)(H,19,20). The fraction of sp³-hybridized carbons (Fsp3) is 0.0714. The third kappa shape index (κ3) is 3.27. The number of carboxylic acids is 1. The number of pyridine rings is 1. The lowest BCUT2D eigenvalue weighted by Crippen LogP contribution is -2.31. The number of hydrogen-bond donors (Lipinski definition) is 3. The summed E-state index contributed by atoms with van der Waals surface area (Å²) in [6.45, 7) is 0. The van der Waals surface area contributed by atoms with Gasteiger partial charge >= 0.3 is 12.0 Å². The maximum Gasteiger partial charge on any atom is 0.335 e. The van der Waals surface area contributed by atoms with E-state index in [-0.39, 0.29) is 17.0 Å². The van der Waals surface area contributed by atoms with Crippen molar-refractivity contribution in [1.82, 2.24) is 4.98 Å². The number of nitrogens with one attached hydrogen (secondary N) is 1.